The van der Waals surface area contributed by atoms with Gasteiger partial charge in [0.2, 0.25) is 5.52 Å². The van der Waals surface area contributed by atoms with E-state index in [9.17, 15) is 9.00 Å². The zero-order valence-electron chi connectivity index (χ0n) is 21.7. The van der Waals surface area contributed by atoms with E-state index < -0.39 is 16.8 Å². The van der Waals surface area contributed by atoms with Gasteiger partial charge in [0.05, 0.1) is 28.6 Å². The average Bonchev–Trinajstić information content (AvgIpc) is 3.62. The van der Waals surface area contributed by atoms with Crippen LogP contribution in [0, 0.1) is 11.3 Å². The molecule has 0 bridgehead atoms. The molecule has 2 aliphatic heterocycles. The highest BCUT2D eigenvalue weighted by Gasteiger charge is 2.30. The van der Waals surface area contributed by atoms with Crippen LogP contribution in [0.25, 0.3) is 16.3 Å². The Morgan fingerprint density at radius 2 is 2.05 bits per heavy atom. The van der Waals surface area contributed by atoms with E-state index in [1.54, 1.807) is 36.5 Å². The van der Waals surface area contributed by atoms with Crippen LogP contribution in [0.4, 0.5) is 5.69 Å². The third kappa shape index (κ3) is 6.43. The van der Waals surface area contributed by atoms with Gasteiger partial charge in [-0.2, -0.15) is 4.57 Å². The molecule has 3 heterocycles. The number of hydrogen-bond donors (Lipinski definition) is 1. The number of carboxylic acid groups (broad SMARTS) is 1. The highest BCUT2D eigenvalue weighted by Crippen LogP contribution is 2.47. The first kappa shape index (κ1) is 28.8. The number of thiazole rings is 1. The van der Waals surface area contributed by atoms with Crippen LogP contribution in [-0.2, 0) is 32.7 Å². The number of rotatable bonds is 9. The third-order valence-electron chi connectivity index (χ3n) is 5.98. The molecule has 204 valence electrons. The molecule has 11 heteroatoms. The summed E-state index contributed by atoms with van der Waals surface area (Å²) in [5, 5.41) is 13.9. The van der Waals surface area contributed by atoms with Crippen molar-refractivity contribution in [3.05, 3.63) is 82.4 Å². The predicted octanol–water partition coefficient (Wildman–Crippen LogP) is 6.45. The van der Waals surface area contributed by atoms with Gasteiger partial charge < -0.3 is 9.29 Å². The van der Waals surface area contributed by atoms with Gasteiger partial charge in [0.1, 0.15) is 10.5 Å². The molecule has 2 aromatic carbocycles. The van der Waals surface area contributed by atoms with Crippen LogP contribution in [0.15, 0.2) is 86.5 Å². The summed E-state index contributed by atoms with van der Waals surface area (Å²) in [5.74, 6) is -0.960. The van der Waals surface area contributed by atoms with Gasteiger partial charge in [-0.25, -0.2) is 0 Å². The Balaban J connectivity index is 1.28. The SMILES string of the molecule is COSc1ccc2c(c1)N(C#CSCC(=O)O)/C(=C/C=C/C=C/C=C/c1sc3ccc(S(C)=O)c4c3[n+]1CC4)S2. The molecule has 6 nitrogen and oxygen atoms in total. The van der Waals surface area contributed by atoms with Gasteiger partial charge in [-0.1, -0.05) is 65.2 Å². The summed E-state index contributed by atoms with van der Waals surface area (Å²) in [5.41, 5.74) is 3.40. The lowest BCUT2D eigenvalue weighted by atomic mass is 10.2. The van der Waals surface area contributed by atoms with E-state index >= 15 is 0 Å². The fourth-order valence-electron chi connectivity index (χ4n) is 4.38. The minimum absolute atomic E-state index is 0.0684. The number of carbonyl (C=O) groups is 1. The molecule has 0 spiro atoms. The van der Waals surface area contributed by atoms with Gasteiger partial charge in [-0.05, 0) is 41.7 Å². The minimum Gasteiger partial charge on any atom is -0.481 e. The Labute approximate surface area is 252 Å². The topological polar surface area (TPSA) is 70.7 Å². The molecule has 0 aliphatic carbocycles. The first-order valence-corrected chi connectivity index (χ1v) is 17.1. The Kier molecular flexibility index (Phi) is 9.57. The number of nitrogens with zero attached hydrogens (tertiary/aromatic N) is 2. The van der Waals surface area contributed by atoms with Crippen molar-refractivity contribution < 1.29 is 22.9 Å². The summed E-state index contributed by atoms with van der Waals surface area (Å²) >= 11 is 5.71. The molecule has 0 radical (unpaired) electrons. The monoisotopic (exact) mass is 625 g/mol. The first-order valence-electron chi connectivity index (χ1n) is 12.2. The van der Waals surface area contributed by atoms with Crippen LogP contribution in [0.3, 0.4) is 0 Å². The summed E-state index contributed by atoms with van der Waals surface area (Å²) in [7, 11) is 0.653. The van der Waals surface area contributed by atoms with Crippen molar-refractivity contribution in [3.63, 3.8) is 0 Å². The Morgan fingerprint density at radius 1 is 1.23 bits per heavy atom. The third-order valence-corrected chi connectivity index (χ3v) is 10.4. The van der Waals surface area contributed by atoms with Gasteiger partial charge in [-0.3, -0.25) is 13.9 Å². The van der Waals surface area contributed by atoms with Crippen molar-refractivity contribution >= 4 is 85.7 Å². The number of anilines is 1. The van der Waals surface area contributed by atoms with E-state index in [1.807, 2.05) is 65.6 Å². The zero-order chi connectivity index (χ0) is 28.1. The molecule has 0 fully saturated rings. The number of thioether (sulfide) groups is 2. The van der Waals surface area contributed by atoms with Crippen molar-refractivity contribution in [1.29, 1.82) is 0 Å². The summed E-state index contributed by atoms with van der Waals surface area (Å²) in [6, 6.07) is 13.2. The molecule has 3 aromatic rings. The molecule has 5 rings (SSSR count). The molecular weight excluding hydrogens is 601 g/mol. The van der Waals surface area contributed by atoms with Gasteiger partial charge in [0, 0.05) is 57.1 Å². The number of aromatic nitrogens is 1. The maximum atomic E-state index is 12.1. The first-order chi connectivity index (χ1) is 19.5. The number of aryl methyl sites for hydroxylation is 2. The van der Waals surface area contributed by atoms with Crippen LogP contribution in [0.2, 0.25) is 0 Å². The summed E-state index contributed by atoms with van der Waals surface area (Å²) in [4.78, 5) is 15.7. The molecule has 0 saturated heterocycles. The van der Waals surface area contributed by atoms with E-state index in [2.05, 4.69) is 28.0 Å². The molecule has 0 saturated carbocycles. The fraction of sp³-hybridized carbons (Fsp3) is 0.172. The summed E-state index contributed by atoms with van der Waals surface area (Å²) in [6.45, 7) is 0.917. The number of allylic oxidation sites excluding steroid dienone is 6. The molecule has 1 atom stereocenters. The number of hydrogen-bond acceptors (Lipinski definition) is 8. The molecule has 2 aliphatic rings. The van der Waals surface area contributed by atoms with Crippen molar-refractivity contribution in [2.45, 2.75) is 27.7 Å². The Hall–Kier alpha value is -2.72. The maximum Gasteiger partial charge on any atom is 0.314 e. The van der Waals surface area contributed by atoms with E-state index in [4.69, 9.17) is 9.29 Å². The van der Waals surface area contributed by atoms with Crippen molar-refractivity contribution in [2.75, 3.05) is 24.0 Å². The van der Waals surface area contributed by atoms with Gasteiger partial charge in [0.25, 0.3) is 5.01 Å². The van der Waals surface area contributed by atoms with E-state index in [0.29, 0.717) is 0 Å². The average molecular weight is 626 g/mol. The predicted molar refractivity (Wildman–Crippen MR) is 169 cm³/mol. The second-order valence-corrected chi connectivity index (χ2v) is 13.8. The normalized spacial score (nSPS) is 16.1. The van der Waals surface area contributed by atoms with Crippen LogP contribution < -0.4 is 9.47 Å². The molecule has 40 heavy (non-hydrogen) atoms. The Bertz CT molecular complexity index is 1680. The van der Waals surface area contributed by atoms with Crippen molar-refractivity contribution in [3.8, 4) is 11.3 Å². The van der Waals surface area contributed by atoms with E-state index in [0.717, 1.165) is 50.1 Å². The quantitative estimate of drug-likeness (QED) is 0.126. The summed E-state index contributed by atoms with van der Waals surface area (Å²) in [6.07, 6.45) is 16.7. The van der Waals surface area contributed by atoms with Crippen LogP contribution in [0.5, 0.6) is 0 Å². The van der Waals surface area contributed by atoms with Gasteiger partial charge in [-0.15, -0.1) is 0 Å². The van der Waals surface area contributed by atoms with Crippen LogP contribution in [-0.4, -0.2) is 34.4 Å². The second kappa shape index (κ2) is 13.3. The molecule has 1 aromatic heterocycles. The highest BCUT2D eigenvalue weighted by molar-refractivity contribution is 8.04. The lowest BCUT2D eigenvalue weighted by Crippen LogP contribution is -2.31. The maximum absolute atomic E-state index is 12.1. The largest absolute Gasteiger partial charge is 0.481 e. The van der Waals surface area contributed by atoms with Gasteiger partial charge in [0.15, 0.2) is 6.54 Å². The molecule has 1 unspecified atom stereocenters. The van der Waals surface area contributed by atoms with E-state index in [-0.39, 0.29) is 5.75 Å². The standard InChI is InChI=1S/C29H24N2O4S5/c1-35-39-20-10-11-23-22(18-20)30(16-17-36-19-28(32)33)26(37-23)8-6-4-3-5-7-9-27-31-15-14-21-25(40(2)34)13-12-24(38-27)29(21)31/h3-13,18H,14-15,19H2,1-2H3/p+1. The fourth-order valence-corrected chi connectivity index (χ4v) is 8.15. The number of fused-ring (bicyclic) bond motifs is 1. The summed E-state index contributed by atoms with van der Waals surface area (Å²) < 4.78 is 20.9. The highest BCUT2D eigenvalue weighted by atomic mass is 32.2. The van der Waals surface area contributed by atoms with Crippen LogP contribution >= 0.6 is 46.9 Å². The number of carboxylic acids is 1. The Morgan fingerprint density at radius 3 is 2.85 bits per heavy atom. The van der Waals surface area contributed by atoms with Crippen molar-refractivity contribution in [1.82, 2.24) is 0 Å². The molecule has 0 amide bonds. The van der Waals surface area contributed by atoms with Crippen molar-refractivity contribution in [2.24, 2.45) is 0 Å². The minimum atomic E-state index is -0.976. The smallest absolute Gasteiger partial charge is 0.314 e. The lowest BCUT2D eigenvalue weighted by Gasteiger charge is -2.12. The lowest BCUT2D eigenvalue weighted by molar-refractivity contribution is -0.661. The zero-order valence-corrected chi connectivity index (χ0v) is 25.7. The second-order valence-electron chi connectivity index (χ2n) is 8.53. The number of benzene rings is 2. The number of aliphatic carboxylic acids is 1. The van der Waals surface area contributed by atoms with E-state index in [1.165, 1.54) is 32.8 Å². The molecule has 1 N–H and O–H groups in total. The molecular formula is C29H25N2O4S5+. The van der Waals surface area contributed by atoms with Crippen LogP contribution in [0.1, 0.15) is 10.6 Å². The van der Waals surface area contributed by atoms with Gasteiger partial charge >= 0.3 is 5.97 Å².